The molecule has 0 radical (unpaired) electrons. The van der Waals surface area contributed by atoms with Crippen molar-refractivity contribution >= 4 is 17.5 Å². The molecule has 1 fully saturated rings. The van der Waals surface area contributed by atoms with Crippen molar-refractivity contribution in [3.05, 3.63) is 17.5 Å². The van der Waals surface area contributed by atoms with E-state index >= 15 is 0 Å². The van der Waals surface area contributed by atoms with Crippen molar-refractivity contribution in [2.75, 3.05) is 7.05 Å². The van der Waals surface area contributed by atoms with Crippen molar-refractivity contribution in [3.63, 3.8) is 0 Å². The summed E-state index contributed by atoms with van der Waals surface area (Å²) < 4.78 is 16.2. The summed E-state index contributed by atoms with van der Waals surface area (Å²) in [6.07, 6.45) is 1.91. The van der Waals surface area contributed by atoms with Gasteiger partial charge >= 0.3 is 11.9 Å². The Bertz CT molecular complexity index is 737. The zero-order valence-electron chi connectivity index (χ0n) is 13.2. The lowest BCUT2D eigenvalue weighted by molar-refractivity contribution is -0.176. The quantitative estimate of drug-likeness (QED) is 0.593. The average Bonchev–Trinajstić information content (AvgIpc) is 3.02. The van der Waals surface area contributed by atoms with Gasteiger partial charge in [0, 0.05) is 24.8 Å². The van der Waals surface area contributed by atoms with Crippen LogP contribution in [0.25, 0.3) is 5.57 Å². The Morgan fingerprint density at radius 2 is 2.09 bits per heavy atom. The number of carbonyl (C=O) groups is 2. The second-order valence-electron chi connectivity index (χ2n) is 6.48. The molecule has 4 heterocycles. The summed E-state index contributed by atoms with van der Waals surface area (Å²) in [5, 5.41) is 3.97. The number of aromatic nitrogens is 2. The van der Waals surface area contributed by atoms with Crippen LogP contribution >= 0.6 is 0 Å². The van der Waals surface area contributed by atoms with Crippen molar-refractivity contribution in [1.82, 2.24) is 15.0 Å². The Balaban J connectivity index is 1.90. The van der Waals surface area contributed by atoms with Gasteiger partial charge in [0.2, 0.25) is 5.72 Å². The molecule has 122 valence electrons. The Morgan fingerprint density at radius 3 is 2.78 bits per heavy atom. The highest BCUT2D eigenvalue weighted by molar-refractivity contribution is 6.30. The minimum absolute atomic E-state index is 0.0976. The van der Waals surface area contributed by atoms with Gasteiger partial charge in [-0.2, -0.15) is 4.98 Å². The number of nitrogens with zero attached hydrogens (tertiary/aromatic N) is 3. The molecule has 3 aliphatic heterocycles. The zero-order chi connectivity index (χ0) is 16.4. The molecule has 1 aromatic rings. The number of likely N-dealkylation sites (N-methyl/N-ethyl adjacent to an activating group) is 1. The summed E-state index contributed by atoms with van der Waals surface area (Å²) in [4.78, 5) is 30.1. The second-order valence-corrected chi connectivity index (χ2v) is 6.48. The molecule has 1 spiro atoms. The first-order valence-electron chi connectivity index (χ1n) is 7.68. The summed E-state index contributed by atoms with van der Waals surface area (Å²) >= 11 is 0. The van der Waals surface area contributed by atoms with Gasteiger partial charge in [0.05, 0.1) is 0 Å². The van der Waals surface area contributed by atoms with Crippen molar-refractivity contribution in [2.45, 2.75) is 50.8 Å². The van der Waals surface area contributed by atoms with E-state index in [4.69, 9.17) is 14.0 Å². The van der Waals surface area contributed by atoms with Crippen molar-refractivity contribution < 1.29 is 23.6 Å². The number of carbonyl (C=O) groups excluding carboxylic acids is 2. The maximum atomic E-state index is 12.0. The number of hydrogen-bond donors (Lipinski definition) is 0. The maximum absolute atomic E-state index is 12.0. The van der Waals surface area contributed by atoms with Crippen LogP contribution in [0.4, 0.5) is 0 Å². The Hall–Kier alpha value is -2.22. The zero-order valence-corrected chi connectivity index (χ0v) is 13.2. The fraction of sp³-hybridized carbons (Fsp3) is 0.600. The molecule has 2 atom stereocenters. The molecule has 4 rings (SSSR count). The highest BCUT2D eigenvalue weighted by atomic mass is 16.6. The Morgan fingerprint density at radius 1 is 1.30 bits per heavy atom. The van der Waals surface area contributed by atoms with E-state index in [0.29, 0.717) is 30.0 Å². The second kappa shape index (κ2) is 4.64. The first-order valence-corrected chi connectivity index (χ1v) is 7.68. The van der Waals surface area contributed by atoms with Crippen molar-refractivity contribution in [2.24, 2.45) is 0 Å². The number of esters is 2. The lowest BCUT2D eigenvalue weighted by Crippen LogP contribution is -2.51. The molecule has 1 saturated heterocycles. The predicted molar refractivity (Wildman–Crippen MR) is 75.6 cm³/mol. The van der Waals surface area contributed by atoms with E-state index in [1.165, 1.54) is 0 Å². The van der Waals surface area contributed by atoms with Crippen LogP contribution in [0.5, 0.6) is 0 Å². The number of hydrogen-bond acceptors (Lipinski definition) is 8. The van der Waals surface area contributed by atoms with E-state index in [1.807, 2.05) is 25.8 Å². The fourth-order valence-corrected chi connectivity index (χ4v) is 3.57. The van der Waals surface area contributed by atoms with E-state index in [-0.39, 0.29) is 17.9 Å². The molecule has 3 bridgehead atoms. The first kappa shape index (κ1) is 14.4. The number of rotatable bonds is 2. The molecule has 1 aromatic heterocycles. The normalized spacial score (nSPS) is 30.5. The van der Waals surface area contributed by atoms with Gasteiger partial charge in [-0.1, -0.05) is 19.0 Å². The van der Waals surface area contributed by atoms with Gasteiger partial charge < -0.3 is 14.0 Å². The molecule has 2 unspecified atom stereocenters. The van der Waals surface area contributed by atoms with Gasteiger partial charge in [0.1, 0.15) is 11.3 Å². The van der Waals surface area contributed by atoms with Crippen molar-refractivity contribution in [3.8, 4) is 0 Å². The molecule has 23 heavy (non-hydrogen) atoms. The van der Waals surface area contributed by atoms with E-state index in [0.717, 1.165) is 6.42 Å². The third-order valence-electron chi connectivity index (χ3n) is 4.84. The van der Waals surface area contributed by atoms with Crippen LogP contribution in [0.3, 0.4) is 0 Å². The summed E-state index contributed by atoms with van der Waals surface area (Å²) in [6.45, 7) is 3.91. The summed E-state index contributed by atoms with van der Waals surface area (Å²) in [5.74, 6) is -0.685. The molecule has 0 N–H and O–H groups in total. The van der Waals surface area contributed by atoms with E-state index in [2.05, 4.69) is 10.1 Å². The van der Waals surface area contributed by atoms with Crippen LogP contribution in [-0.4, -0.2) is 45.8 Å². The third kappa shape index (κ3) is 1.87. The summed E-state index contributed by atoms with van der Waals surface area (Å²) in [5.41, 5.74) is -0.560. The topological polar surface area (TPSA) is 94.8 Å². The third-order valence-corrected chi connectivity index (χ3v) is 4.84. The number of ether oxygens (including phenoxy) is 2. The average molecular weight is 319 g/mol. The monoisotopic (exact) mass is 319 g/mol. The van der Waals surface area contributed by atoms with Crippen LogP contribution < -0.4 is 0 Å². The van der Waals surface area contributed by atoms with Gasteiger partial charge in [0.25, 0.3) is 5.89 Å². The first-order chi connectivity index (χ1) is 10.9. The van der Waals surface area contributed by atoms with Gasteiger partial charge in [-0.25, -0.2) is 9.59 Å². The fourth-order valence-electron chi connectivity index (χ4n) is 3.57. The minimum atomic E-state index is -1.07. The molecule has 0 aromatic carbocycles. The van der Waals surface area contributed by atoms with Crippen LogP contribution in [0.2, 0.25) is 0 Å². The van der Waals surface area contributed by atoms with Gasteiger partial charge in [0.15, 0.2) is 5.82 Å². The van der Waals surface area contributed by atoms with Gasteiger partial charge in [-0.15, -0.1) is 0 Å². The molecule has 0 aliphatic carbocycles. The van der Waals surface area contributed by atoms with Crippen LogP contribution in [0, 0.1) is 0 Å². The van der Waals surface area contributed by atoms with Gasteiger partial charge in [-0.3, -0.25) is 4.90 Å². The summed E-state index contributed by atoms with van der Waals surface area (Å²) in [6, 6.07) is 0.153. The minimum Gasteiger partial charge on any atom is -0.431 e. The summed E-state index contributed by atoms with van der Waals surface area (Å²) in [7, 11) is 1.87. The molecular weight excluding hydrogens is 302 g/mol. The molecule has 0 amide bonds. The molecule has 8 heteroatoms. The standard InChI is InChI=1S/C15H17N3O5/c1-7(2)11-16-12(23-17-11)10-9-6-8-4-5-15(10,18(8)3)22-14(20)13(19)21-9/h7-8H,4-6H2,1-3H3. The highest BCUT2D eigenvalue weighted by Gasteiger charge is 2.59. The lowest BCUT2D eigenvalue weighted by Gasteiger charge is -2.40. The van der Waals surface area contributed by atoms with Crippen LogP contribution in [0.1, 0.15) is 50.7 Å². The smallest absolute Gasteiger partial charge is 0.422 e. The molecule has 8 nitrogen and oxygen atoms in total. The lowest BCUT2D eigenvalue weighted by atomic mass is 9.95. The Kier molecular flexibility index (Phi) is 2.90. The SMILES string of the molecule is CC(C)c1noc(C2=C3CC4CCC2(OC(=O)C(=O)O3)N4C)n1. The largest absolute Gasteiger partial charge is 0.431 e. The van der Waals surface area contributed by atoms with E-state index in [1.54, 1.807) is 0 Å². The van der Waals surface area contributed by atoms with Crippen LogP contribution in [-0.2, 0) is 19.1 Å². The molecular formula is C15H17N3O5. The highest BCUT2D eigenvalue weighted by Crippen LogP contribution is 2.52. The van der Waals surface area contributed by atoms with Crippen molar-refractivity contribution in [1.29, 1.82) is 0 Å². The van der Waals surface area contributed by atoms with E-state index in [9.17, 15) is 9.59 Å². The molecule has 0 saturated carbocycles. The van der Waals surface area contributed by atoms with Crippen LogP contribution in [0.15, 0.2) is 10.3 Å². The predicted octanol–water partition coefficient (Wildman–Crippen LogP) is 1.20. The van der Waals surface area contributed by atoms with Gasteiger partial charge in [-0.05, 0) is 13.5 Å². The van der Waals surface area contributed by atoms with E-state index < -0.39 is 17.7 Å². The maximum Gasteiger partial charge on any atom is 0.422 e. The number of fused-ring (bicyclic) bond motifs is 1. The Labute approximate surface area is 132 Å². The molecule has 3 aliphatic rings.